The molecule has 0 aliphatic rings. The van der Waals surface area contributed by atoms with Crippen LogP contribution in [-0.4, -0.2) is 30.4 Å². The van der Waals surface area contributed by atoms with E-state index in [1.165, 1.54) is 0 Å². The highest BCUT2D eigenvalue weighted by molar-refractivity contribution is 9.10. The van der Waals surface area contributed by atoms with Crippen molar-refractivity contribution in [3.05, 3.63) is 28.5 Å². The first kappa shape index (κ1) is 14.2. The Morgan fingerprint density at radius 3 is 2.82 bits per heavy atom. The normalized spacial score (nSPS) is 10.8. The second kappa shape index (κ2) is 7.45. The van der Waals surface area contributed by atoms with Crippen molar-refractivity contribution in [2.24, 2.45) is 0 Å². The minimum atomic E-state index is -2.49. The van der Waals surface area contributed by atoms with Gasteiger partial charge in [0.2, 0.25) is 0 Å². The fourth-order valence-electron chi connectivity index (χ4n) is 1.16. The van der Waals surface area contributed by atoms with Crippen LogP contribution < -0.4 is 0 Å². The summed E-state index contributed by atoms with van der Waals surface area (Å²) in [5.41, 5.74) is 0.659. The Kier molecular flexibility index (Phi) is 6.21. The lowest BCUT2D eigenvalue weighted by molar-refractivity contribution is -0.119. The molecule has 0 aliphatic carbocycles. The minimum Gasteiger partial charge on any atom is -0.375 e. The van der Waals surface area contributed by atoms with Crippen LogP contribution in [0, 0.1) is 0 Å². The van der Waals surface area contributed by atoms with Crippen LogP contribution in [0.1, 0.15) is 12.1 Å². The van der Waals surface area contributed by atoms with E-state index in [1.807, 2.05) is 0 Å². The van der Waals surface area contributed by atoms with E-state index >= 15 is 0 Å². The van der Waals surface area contributed by atoms with Crippen LogP contribution in [0.5, 0.6) is 0 Å². The molecule has 0 atom stereocenters. The van der Waals surface area contributed by atoms with Crippen molar-refractivity contribution >= 4 is 21.7 Å². The molecule has 0 N–H and O–H groups in total. The molecule has 0 unspecified atom stereocenters. The zero-order valence-corrected chi connectivity index (χ0v) is 10.6. The molecule has 0 saturated heterocycles. The van der Waals surface area contributed by atoms with E-state index in [9.17, 15) is 13.6 Å². The summed E-state index contributed by atoms with van der Waals surface area (Å²) in [7, 11) is 0. The van der Waals surface area contributed by atoms with E-state index in [-0.39, 0.29) is 25.2 Å². The third kappa shape index (κ3) is 6.43. The van der Waals surface area contributed by atoms with E-state index in [1.54, 1.807) is 18.3 Å². The van der Waals surface area contributed by atoms with Gasteiger partial charge in [0.05, 0.1) is 6.61 Å². The van der Waals surface area contributed by atoms with Crippen molar-refractivity contribution < 1.29 is 18.3 Å². The number of Topliss-reactive ketones (excluding diaryl/α,β-unsaturated/α-hetero) is 1. The molecular formula is C11H12BrF2NO2. The van der Waals surface area contributed by atoms with E-state index in [0.29, 0.717) is 5.69 Å². The molecule has 0 radical (unpaired) electrons. The molecule has 17 heavy (non-hydrogen) atoms. The number of alkyl halides is 2. The maximum atomic E-state index is 11.7. The summed E-state index contributed by atoms with van der Waals surface area (Å²) in [5.74, 6) is -0.0749. The van der Waals surface area contributed by atoms with Crippen molar-refractivity contribution in [3.8, 4) is 0 Å². The number of nitrogens with zero attached hydrogens (tertiary/aromatic N) is 1. The van der Waals surface area contributed by atoms with Gasteiger partial charge in [-0.2, -0.15) is 0 Å². The van der Waals surface area contributed by atoms with Crippen molar-refractivity contribution in [3.63, 3.8) is 0 Å². The molecule has 0 aromatic carbocycles. The molecule has 0 fully saturated rings. The van der Waals surface area contributed by atoms with Crippen LogP contribution in [0.4, 0.5) is 8.78 Å². The topological polar surface area (TPSA) is 39.2 Å². The average Bonchev–Trinajstić information content (AvgIpc) is 2.27. The molecule has 0 aliphatic heterocycles. The second-order valence-corrected chi connectivity index (χ2v) is 4.31. The zero-order valence-electron chi connectivity index (χ0n) is 9.04. The Hall–Kier alpha value is -0.880. The van der Waals surface area contributed by atoms with Gasteiger partial charge in [-0.15, -0.1) is 0 Å². The number of hydrogen-bond donors (Lipinski definition) is 0. The van der Waals surface area contributed by atoms with Crippen molar-refractivity contribution in [2.45, 2.75) is 19.3 Å². The number of carbonyl (C=O) groups excluding carboxylic acids is 1. The molecule has 1 heterocycles. The third-order valence-electron chi connectivity index (χ3n) is 1.94. The van der Waals surface area contributed by atoms with Crippen molar-refractivity contribution in [1.29, 1.82) is 0 Å². The zero-order chi connectivity index (χ0) is 12.7. The van der Waals surface area contributed by atoms with Gasteiger partial charge in [-0.25, -0.2) is 8.78 Å². The van der Waals surface area contributed by atoms with Crippen molar-refractivity contribution in [2.75, 3.05) is 13.2 Å². The van der Waals surface area contributed by atoms with Gasteiger partial charge < -0.3 is 4.74 Å². The highest BCUT2D eigenvalue weighted by atomic mass is 79.9. The Morgan fingerprint density at radius 1 is 1.47 bits per heavy atom. The van der Waals surface area contributed by atoms with Crippen LogP contribution in [0.15, 0.2) is 22.8 Å². The Bertz CT molecular complexity index is 357. The summed E-state index contributed by atoms with van der Waals surface area (Å²) >= 11 is 3.24. The van der Waals surface area contributed by atoms with E-state index in [0.717, 1.165) is 4.47 Å². The van der Waals surface area contributed by atoms with Crippen LogP contribution in [0.25, 0.3) is 0 Å². The predicted octanol–water partition coefficient (Wildman–Crippen LogP) is 2.63. The quantitative estimate of drug-likeness (QED) is 0.727. The molecule has 0 bridgehead atoms. The maximum absolute atomic E-state index is 11.7. The Balaban J connectivity index is 2.23. The first-order valence-corrected chi connectivity index (χ1v) is 5.85. The Morgan fingerprint density at radius 2 is 2.24 bits per heavy atom. The van der Waals surface area contributed by atoms with Crippen LogP contribution in [0.2, 0.25) is 0 Å². The SMILES string of the molecule is O=C(CCOCC(F)F)Cc1ccc(Br)cn1. The molecule has 6 heteroatoms. The highest BCUT2D eigenvalue weighted by Crippen LogP contribution is 2.08. The fraction of sp³-hybridized carbons (Fsp3) is 0.455. The number of ketones is 1. The molecule has 0 spiro atoms. The molecule has 3 nitrogen and oxygen atoms in total. The first-order chi connectivity index (χ1) is 8.08. The maximum Gasteiger partial charge on any atom is 0.261 e. The molecule has 0 amide bonds. The van der Waals surface area contributed by atoms with Crippen molar-refractivity contribution in [1.82, 2.24) is 4.98 Å². The summed E-state index contributed by atoms with van der Waals surface area (Å²) < 4.78 is 28.9. The number of hydrogen-bond acceptors (Lipinski definition) is 3. The highest BCUT2D eigenvalue weighted by Gasteiger charge is 2.06. The first-order valence-electron chi connectivity index (χ1n) is 5.06. The largest absolute Gasteiger partial charge is 0.375 e. The van der Waals surface area contributed by atoms with Gasteiger partial charge >= 0.3 is 0 Å². The number of aromatic nitrogens is 1. The third-order valence-corrected chi connectivity index (χ3v) is 2.41. The smallest absolute Gasteiger partial charge is 0.261 e. The van der Waals surface area contributed by atoms with E-state index in [4.69, 9.17) is 0 Å². The molecule has 1 aromatic rings. The summed E-state index contributed by atoms with van der Waals surface area (Å²) in [4.78, 5) is 15.5. The Labute approximate surface area is 106 Å². The monoisotopic (exact) mass is 307 g/mol. The molecule has 1 rings (SSSR count). The lowest BCUT2D eigenvalue weighted by Crippen LogP contribution is -2.11. The van der Waals surface area contributed by atoms with Gasteiger partial charge in [-0.05, 0) is 28.1 Å². The van der Waals surface area contributed by atoms with E-state index in [2.05, 4.69) is 25.7 Å². The fourth-order valence-corrected chi connectivity index (χ4v) is 1.39. The van der Waals surface area contributed by atoms with Gasteiger partial charge in [0.25, 0.3) is 6.43 Å². The number of ether oxygens (including phenoxy) is 1. The lowest BCUT2D eigenvalue weighted by atomic mass is 10.1. The predicted molar refractivity (Wildman–Crippen MR) is 62.1 cm³/mol. The number of carbonyl (C=O) groups is 1. The minimum absolute atomic E-state index is 0.0275. The van der Waals surface area contributed by atoms with Gasteiger partial charge in [0.15, 0.2) is 0 Å². The van der Waals surface area contributed by atoms with Gasteiger partial charge in [0, 0.05) is 29.2 Å². The molecular weight excluding hydrogens is 296 g/mol. The summed E-state index contributed by atoms with van der Waals surface area (Å²) in [5, 5.41) is 0. The summed E-state index contributed by atoms with van der Waals surface area (Å²) in [6.45, 7) is -0.594. The average molecular weight is 308 g/mol. The van der Waals surface area contributed by atoms with Gasteiger partial charge in [-0.1, -0.05) is 0 Å². The van der Waals surface area contributed by atoms with Gasteiger partial charge in [-0.3, -0.25) is 9.78 Å². The van der Waals surface area contributed by atoms with E-state index < -0.39 is 13.0 Å². The van der Waals surface area contributed by atoms with Crippen LogP contribution >= 0.6 is 15.9 Å². The number of rotatable bonds is 7. The number of pyridine rings is 1. The lowest BCUT2D eigenvalue weighted by Gasteiger charge is -2.03. The summed E-state index contributed by atoms with van der Waals surface area (Å²) in [6.07, 6.45) is -0.552. The molecule has 0 saturated carbocycles. The molecule has 94 valence electrons. The standard InChI is InChI=1S/C11H12BrF2NO2/c12-8-1-2-9(15-6-8)5-10(16)3-4-17-7-11(13)14/h1-2,6,11H,3-5,7H2. The van der Waals surface area contributed by atoms with Gasteiger partial charge in [0.1, 0.15) is 12.4 Å². The molecule has 1 aromatic heterocycles. The summed E-state index contributed by atoms with van der Waals surface area (Å²) in [6, 6.07) is 3.53. The second-order valence-electron chi connectivity index (χ2n) is 3.40. The van der Waals surface area contributed by atoms with Crippen LogP contribution in [-0.2, 0) is 16.0 Å². The van der Waals surface area contributed by atoms with Crippen LogP contribution in [0.3, 0.4) is 0 Å². The number of halogens is 3.